The Morgan fingerprint density at radius 1 is 1.47 bits per heavy atom. The number of amides is 1. The molecule has 1 aliphatic heterocycles. The standard InChI is InChI=1S/C10H11F3N2O2/c11-10(12,13)9(17)5-8(2-1-3-8)6(4-14)7(16)15-9/h6,17H,1-3,5H2,(H,15,16)/t6-,9-/m1/s1. The average molecular weight is 248 g/mol. The van der Waals surface area contributed by atoms with Crippen LogP contribution < -0.4 is 5.32 Å². The van der Waals surface area contributed by atoms with Crippen molar-refractivity contribution in [2.75, 3.05) is 0 Å². The number of alkyl halides is 3. The monoisotopic (exact) mass is 248 g/mol. The molecule has 2 fully saturated rings. The van der Waals surface area contributed by atoms with E-state index in [1.165, 1.54) is 5.32 Å². The molecule has 2 rings (SSSR count). The number of piperidine rings is 1. The van der Waals surface area contributed by atoms with Crippen LogP contribution in [0.1, 0.15) is 25.7 Å². The third kappa shape index (κ3) is 1.59. The average Bonchev–Trinajstić information content (AvgIpc) is 2.12. The summed E-state index contributed by atoms with van der Waals surface area (Å²) < 4.78 is 38.1. The van der Waals surface area contributed by atoms with Crippen LogP contribution in [-0.2, 0) is 4.79 Å². The predicted molar refractivity (Wildman–Crippen MR) is 49.2 cm³/mol. The van der Waals surface area contributed by atoms with Gasteiger partial charge in [-0.2, -0.15) is 18.4 Å². The minimum absolute atomic E-state index is 0.372. The fraction of sp³-hybridized carbons (Fsp3) is 0.800. The molecule has 0 radical (unpaired) electrons. The summed E-state index contributed by atoms with van der Waals surface area (Å²) >= 11 is 0. The maximum atomic E-state index is 12.7. The molecule has 0 aromatic heterocycles. The predicted octanol–water partition coefficient (Wildman–Crippen LogP) is 1.07. The number of rotatable bonds is 0. The van der Waals surface area contributed by atoms with Gasteiger partial charge in [-0.1, -0.05) is 6.42 Å². The molecule has 1 aliphatic carbocycles. The lowest BCUT2D eigenvalue weighted by molar-refractivity contribution is -0.293. The summed E-state index contributed by atoms with van der Waals surface area (Å²) in [6.07, 6.45) is -4.13. The number of aliphatic hydroxyl groups is 1. The number of nitriles is 1. The van der Waals surface area contributed by atoms with Gasteiger partial charge in [0.05, 0.1) is 6.07 Å². The van der Waals surface area contributed by atoms with Crippen LogP contribution in [0.4, 0.5) is 13.2 Å². The van der Waals surface area contributed by atoms with Crippen molar-refractivity contribution in [3.05, 3.63) is 0 Å². The lowest BCUT2D eigenvalue weighted by Crippen LogP contribution is -2.68. The van der Waals surface area contributed by atoms with E-state index in [0.29, 0.717) is 19.3 Å². The quantitative estimate of drug-likeness (QED) is 0.673. The fourth-order valence-electron chi connectivity index (χ4n) is 2.67. The number of nitrogens with zero attached hydrogens (tertiary/aromatic N) is 1. The lowest BCUT2D eigenvalue weighted by atomic mass is 9.56. The molecule has 7 heteroatoms. The van der Waals surface area contributed by atoms with Crippen molar-refractivity contribution in [3.63, 3.8) is 0 Å². The molecule has 1 saturated heterocycles. The molecule has 1 spiro atoms. The van der Waals surface area contributed by atoms with Crippen molar-refractivity contribution in [1.82, 2.24) is 5.32 Å². The number of carbonyl (C=O) groups is 1. The summed E-state index contributed by atoms with van der Waals surface area (Å²) in [5.41, 5.74) is -4.21. The zero-order valence-corrected chi connectivity index (χ0v) is 8.84. The van der Waals surface area contributed by atoms with Crippen molar-refractivity contribution < 1.29 is 23.1 Å². The van der Waals surface area contributed by atoms with E-state index in [1.807, 2.05) is 0 Å². The van der Waals surface area contributed by atoms with Gasteiger partial charge in [0.25, 0.3) is 0 Å². The summed E-state index contributed by atoms with van der Waals surface area (Å²) in [4.78, 5) is 11.5. The molecule has 1 saturated carbocycles. The maximum absolute atomic E-state index is 12.7. The fourth-order valence-corrected chi connectivity index (χ4v) is 2.67. The number of hydrogen-bond acceptors (Lipinski definition) is 3. The van der Waals surface area contributed by atoms with Gasteiger partial charge in [0.15, 0.2) is 0 Å². The van der Waals surface area contributed by atoms with Crippen molar-refractivity contribution in [2.24, 2.45) is 11.3 Å². The molecule has 4 nitrogen and oxygen atoms in total. The van der Waals surface area contributed by atoms with Crippen LogP contribution in [0.15, 0.2) is 0 Å². The Kier molecular flexibility index (Phi) is 2.40. The van der Waals surface area contributed by atoms with Gasteiger partial charge in [-0.25, -0.2) is 0 Å². The smallest absolute Gasteiger partial charge is 0.363 e. The van der Waals surface area contributed by atoms with Crippen LogP contribution in [0.3, 0.4) is 0 Å². The molecule has 2 N–H and O–H groups in total. The minimum Gasteiger partial charge on any atom is -0.363 e. The van der Waals surface area contributed by atoms with Gasteiger partial charge in [-0.3, -0.25) is 4.79 Å². The van der Waals surface area contributed by atoms with Gasteiger partial charge < -0.3 is 10.4 Å². The number of hydrogen-bond donors (Lipinski definition) is 2. The molecule has 2 aliphatic rings. The molecule has 0 aromatic carbocycles. The van der Waals surface area contributed by atoms with Gasteiger partial charge in [0.2, 0.25) is 11.6 Å². The van der Waals surface area contributed by atoms with Gasteiger partial charge in [0.1, 0.15) is 5.92 Å². The normalized spacial score (nSPS) is 35.9. The van der Waals surface area contributed by atoms with Crippen LogP contribution in [0.25, 0.3) is 0 Å². The Hall–Kier alpha value is -1.29. The Labute approximate surface area is 95.4 Å². The molecule has 94 valence electrons. The SMILES string of the molecule is N#C[C@@H]1C(=O)N[C@](O)(C(F)(F)F)CC12CCC2. The first kappa shape index (κ1) is 12.2. The minimum atomic E-state index is -4.92. The third-order valence-corrected chi connectivity index (χ3v) is 3.76. The highest BCUT2D eigenvalue weighted by molar-refractivity contribution is 5.84. The van der Waals surface area contributed by atoms with Crippen LogP contribution in [0.5, 0.6) is 0 Å². The van der Waals surface area contributed by atoms with E-state index < -0.39 is 35.6 Å². The number of nitrogens with one attached hydrogen (secondary N) is 1. The first-order valence-electron chi connectivity index (χ1n) is 5.25. The van der Waals surface area contributed by atoms with E-state index in [1.54, 1.807) is 6.07 Å². The molecule has 17 heavy (non-hydrogen) atoms. The van der Waals surface area contributed by atoms with Crippen LogP contribution in [-0.4, -0.2) is 22.9 Å². The van der Waals surface area contributed by atoms with E-state index >= 15 is 0 Å². The van der Waals surface area contributed by atoms with E-state index in [0.717, 1.165) is 0 Å². The summed E-state index contributed by atoms with van der Waals surface area (Å²) in [7, 11) is 0. The number of carbonyl (C=O) groups excluding carboxylic acids is 1. The topological polar surface area (TPSA) is 73.1 Å². The van der Waals surface area contributed by atoms with E-state index in [-0.39, 0.29) is 0 Å². The zero-order chi connectivity index (χ0) is 12.9. The Morgan fingerprint density at radius 2 is 2.06 bits per heavy atom. The second kappa shape index (κ2) is 3.35. The highest BCUT2D eigenvalue weighted by Crippen LogP contribution is 2.56. The Morgan fingerprint density at radius 3 is 2.41 bits per heavy atom. The van der Waals surface area contributed by atoms with Crippen LogP contribution >= 0.6 is 0 Å². The van der Waals surface area contributed by atoms with Gasteiger partial charge >= 0.3 is 6.18 Å². The number of halogens is 3. The zero-order valence-electron chi connectivity index (χ0n) is 8.84. The summed E-state index contributed by atoms with van der Waals surface area (Å²) in [5.74, 6) is -2.13. The van der Waals surface area contributed by atoms with E-state index in [9.17, 15) is 23.1 Å². The Bertz CT molecular complexity index is 397. The van der Waals surface area contributed by atoms with E-state index in [4.69, 9.17) is 5.26 Å². The van der Waals surface area contributed by atoms with Gasteiger partial charge in [-0.05, 0) is 12.8 Å². The first-order chi connectivity index (χ1) is 7.74. The molecular weight excluding hydrogens is 237 g/mol. The highest BCUT2D eigenvalue weighted by atomic mass is 19.4. The summed E-state index contributed by atoms with van der Waals surface area (Å²) in [6.45, 7) is 0. The molecule has 2 atom stereocenters. The second-order valence-electron chi connectivity index (χ2n) is 4.80. The summed E-state index contributed by atoms with van der Waals surface area (Å²) in [5, 5.41) is 19.9. The second-order valence-corrected chi connectivity index (χ2v) is 4.80. The molecule has 0 unspecified atom stereocenters. The third-order valence-electron chi connectivity index (χ3n) is 3.76. The molecule has 0 aromatic rings. The molecule has 1 heterocycles. The van der Waals surface area contributed by atoms with Gasteiger partial charge in [0, 0.05) is 11.8 Å². The van der Waals surface area contributed by atoms with Crippen molar-refractivity contribution >= 4 is 5.91 Å². The lowest BCUT2D eigenvalue weighted by Gasteiger charge is -2.52. The first-order valence-corrected chi connectivity index (χ1v) is 5.25. The van der Waals surface area contributed by atoms with Crippen molar-refractivity contribution in [3.8, 4) is 6.07 Å². The van der Waals surface area contributed by atoms with Crippen molar-refractivity contribution in [1.29, 1.82) is 5.26 Å². The summed E-state index contributed by atoms with van der Waals surface area (Å²) in [6, 6.07) is 1.75. The van der Waals surface area contributed by atoms with E-state index in [2.05, 4.69) is 0 Å². The molecule has 0 bridgehead atoms. The molecular formula is C10H11F3N2O2. The van der Waals surface area contributed by atoms with Crippen LogP contribution in [0.2, 0.25) is 0 Å². The largest absolute Gasteiger partial charge is 0.436 e. The van der Waals surface area contributed by atoms with Gasteiger partial charge in [-0.15, -0.1) is 0 Å². The maximum Gasteiger partial charge on any atom is 0.436 e. The van der Waals surface area contributed by atoms with Crippen molar-refractivity contribution in [2.45, 2.75) is 37.6 Å². The highest BCUT2D eigenvalue weighted by Gasteiger charge is 2.65. The Balaban J connectivity index is 2.35. The molecule has 1 amide bonds. The van der Waals surface area contributed by atoms with Crippen LogP contribution in [0, 0.1) is 22.7 Å².